The fourth-order valence-corrected chi connectivity index (χ4v) is 9.35. The molecular weight excluding hydrogens is 815 g/mol. The van der Waals surface area contributed by atoms with Gasteiger partial charge in [-0.3, -0.25) is 0 Å². The highest BCUT2D eigenvalue weighted by Crippen LogP contribution is 2.55. The Kier molecular flexibility index (Phi) is 11.3. The Bertz CT molecular complexity index is 2920. The van der Waals surface area contributed by atoms with E-state index in [-0.39, 0.29) is 27.1 Å². The topological polar surface area (TPSA) is 17.2 Å². The minimum atomic E-state index is -3.59. The number of allylic oxidation sites excluding steroid dienone is 2. The maximum Gasteiger partial charge on any atom is 0.566 e. The van der Waals surface area contributed by atoms with Crippen LogP contribution in [0.5, 0.6) is 5.75 Å². The van der Waals surface area contributed by atoms with Crippen LogP contribution >= 0.6 is 0 Å². The molecule has 3 heterocycles. The van der Waals surface area contributed by atoms with E-state index in [4.69, 9.17) is 4.74 Å². The van der Waals surface area contributed by atoms with Crippen molar-refractivity contribution in [2.75, 3.05) is 7.11 Å². The summed E-state index contributed by atoms with van der Waals surface area (Å²) in [6.45, 7) is 32.7. The lowest BCUT2D eigenvalue weighted by Crippen LogP contribution is -2.43. The Hall–Kier alpha value is -5.81. The Labute approximate surface area is 393 Å². The first kappa shape index (κ1) is 46.7. The van der Waals surface area contributed by atoms with Crippen molar-refractivity contribution >= 4 is 16.9 Å². The maximum atomic E-state index is 19.1. The quantitative estimate of drug-likeness (QED) is 0.120. The largest absolute Gasteiger partial charge is 0.566 e. The molecule has 0 bridgehead atoms. The molecule has 0 unspecified atom stereocenters. The Morgan fingerprint density at radius 3 is 1.27 bits per heavy atom. The van der Waals surface area contributed by atoms with Crippen molar-refractivity contribution in [2.45, 2.75) is 137 Å². The molecule has 66 heavy (non-hydrogen) atoms. The summed E-state index contributed by atoms with van der Waals surface area (Å²) in [5, 5.41) is 0. The Balaban J connectivity index is 1.56. The summed E-state index contributed by atoms with van der Waals surface area (Å²) in [6, 6.07) is 41.6. The van der Waals surface area contributed by atoms with Crippen molar-refractivity contribution in [3.63, 3.8) is 0 Å². The van der Waals surface area contributed by atoms with Gasteiger partial charge in [0.2, 0.25) is 11.4 Å². The molecule has 0 saturated heterocycles. The number of aromatic nitrogens is 1. The number of hydrogen-bond acceptors (Lipinski definition) is 1. The van der Waals surface area contributed by atoms with E-state index in [0.29, 0.717) is 45.2 Å². The summed E-state index contributed by atoms with van der Waals surface area (Å²) in [5.74, 6) is 0.623. The monoisotopic (exact) mass is 884 g/mol. The SMILES string of the molecule is COc1cc(C(C)(C)C)ccc1C1=C2C(c3ccc(C(C)(C)C)cc3)=CC(c3ccc(C(C)(C)C)cc3)=[N+]2C(F)(F)n2c(-c3ccc(C(C)(C)C)cc3)cc(-c3ccc(C(C)(C)C)cc3)c21. The van der Waals surface area contributed by atoms with Crippen molar-refractivity contribution in [1.82, 2.24) is 4.57 Å². The first-order valence-corrected chi connectivity index (χ1v) is 23.5. The maximum absolute atomic E-state index is 19.1. The summed E-state index contributed by atoms with van der Waals surface area (Å²) in [5.41, 5.74) is 12.8. The van der Waals surface area contributed by atoms with Crippen molar-refractivity contribution in [2.24, 2.45) is 0 Å². The average Bonchev–Trinajstić information content (AvgIpc) is 3.85. The molecule has 342 valence electrons. The predicted octanol–water partition coefficient (Wildman–Crippen LogP) is 16.2. The van der Waals surface area contributed by atoms with Crippen LogP contribution in [0.1, 0.15) is 154 Å². The van der Waals surface area contributed by atoms with Gasteiger partial charge in [-0.25, -0.2) is 4.57 Å². The molecule has 0 N–H and O–H groups in total. The Morgan fingerprint density at radius 1 is 0.455 bits per heavy atom. The standard InChI is InChI=1S/C61H69F2N2O/c1-56(2,3)42-25-17-38(18-26-42)48-36-50(40-21-29-44(30-22-40)58(7,8)9)64-54(48)53(47-34-33-46(60(13,14)15)35-52(47)66-16)55-49(39-19-27-43(28-20-39)57(4,5)6)37-51(65(55)61(64,62)63)41-23-31-45(32-24-41)59(10,11)12/h17-37H,1-16H3/q+1. The third kappa shape index (κ3) is 8.33. The highest BCUT2D eigenvalue weighted by atomic mass is 19.3. The van der Waals surface area contributed by atoms with Crippen LogP contribution in [0.15, 0.2) is 133 Å². The molecule has 6 aromatic rings. The first-order chi connectivity index (χ1) is 30.6. The second-order valence-electron chi connectivity index (χ2n) is 23.6. The normalized spacial score (nSPS) is 15.5. The van der Waals surface area contributed by atoms with Gasteiger partial charge in [0, 0.05) is 22.8 Å². The van der Waals surface area contributed by atoms with Gasteiger partial charge in [-0.1, -0.05) is 201 Å². The van der Waals surface area contributed by atoms with E-state index < -0.39 is 6.17 Å². The van der Waals surface area contributed by atoms with E-state index in [0.717, 1.165) is 44.5 Å². The number of hydrogen-bond donors (Lipinski definition) is 0. The minimum absolute atomic E-state index is 0.0923. The lowest BCUT2D eigenvalue weighted by Gasteiger charge is -2.30. The van der Waals surface area contributed by atoms with Crippen LogP contribution in [-0.2, 0) is 33.2 Å². The lowest BCUT2D eigenvalue weighted by atomic mass is 9.83. The van der Waals surface area contributed by atoms with Gasteiger partial charge < -0.3 is 4.74 Å². The number of rotatable bonds is 6. The van der Waals surface area contributed by atoms with E-state index in [1.807, 2.05) is 36.4 Å². The van der Waals surface area contributed by atoms with Gasteiger partial charge in [-0.15, -0.1) is 13.4 Å². The predicted molar refractivity (Wildman–Crippen MR) is 273 cm³/mol. The number of methoxy groups -OCH3 is 1. The van der Waals surface area contributed by atoms with E-state index >= 15 is 8.78 Å². The molecule has 5 heteroatoms. The summed E-state index contributed by atoms with van der Waals surface area (Å²) in [6.07, 6.45) is -1.60. The molecule has 0 saturated carbocycles. The van der Waals surface area contributed by atoms with Gasteiger partial charge >= 0.3 is 6.17 Å². The second-order valence-corrected chi connectivity index (χ2v) is 23.6. The van der Waals surface area contributed by atoms with E-state index in [1.165, 1.54) is 20.3 Å². The van der Waals surface area contributed by atoms with E-state index in [1.54, 1.807) is 7.11 Å². The summed E-state index contributed by atoms with van der Waals surface area (Å²) in [4.78, 5) is 0. The third-order valence-corrected chi connectivity index (χ3v) is 13.6. The number of alkyl halides is 2. The fourth-order valence-electron chi connectivity index (χ4n) is 9.35. The molecule has 0 amide bonds. The second kappa shape index (κ2) is 15.9. The van der Waals surface area contributed by atoms with Crippen LogP contribution in [0.3, 0.4) is 0 Å². The molecule has 0 radical (unpaired) electrons. The molecule has 0 spiro atoms. The summed E-state index contributed by atoms with van der Waals surface area (Å²) >= 11 is 0. The lowest BCUT2D eigenvalue weighted by molar-refractivity contribution is -0.672. The highest BCUT2D eigenvalue weighted by molar-refractivity contribution is 6.16. The number of halogens is 2. The molecule has 2 aliphatic rings. The van der Waals surface area contributed by atoms with Gasteiger partial charge in [0.1, 0.15) is 5.75 Å². The van der Waals surface area contributed by atoms with Crippen LogP contribution in [-0.4, -0.2) is 22.0 Å². The van der Waals surface area contributed by atoms with Gasteiger partial charge in [0.15, 0.2) is 0 Å². The fraction of sp³-hybridized carbons (Fsp3) is 0.361. The minimum Gasteiger partial charge on any atom is -0.496 e. The molecule has 0 aliphatic carbocycles. The van der Waals surface area contributed by atoms with E-state index in [9.17, 15) is 0 Å². The third-order valence-electron chi connectivity index (χ3n) is 13.6. The first-order valence-electron chi connectivity index (χ1n) is 23.5. The number of fused-ring (bicyclic) bond motifs is 2. The van der Waals surface area contributed by atoms with Gasteiger partial charge in [0.25, 0.3) is 0 Å². The molecule has 8 rings (SSSR count). The van der Waals surface area contributed by atoms with Crippen LogP contribution < -0.4 is 4.74 Å². The zero-order valence-corrected chi connectivity index (χ0v) is 42.2. The number of benzene rings is 5. The van der Waals surface area contributed by atoms with Gasteiger partial charge in [-0.2, -0.15) is 0 Å². The van der Waals surface area contributed by atoms with Crippen LogP contribution in [0.4, 0.5) is 8.78 Å². The molecule has 0 atom stereocenters. The molecule has 1 aromatic heterocycles. The van der Waals surface area contributed by atoms with Crippen molar-refractivity contribution in [3.8, 4) is 28.1 Å². The number of ether oxygens (including phenoxy) is 1. The smallest absolute Gasteiger partial charge is 0.496 e. The van der Waals surface area contributed by atoms with Gasteiger partial charge in [-0.05, 0) is 95.8 Å². The molecular formula is C61H69F2N2O+. The zero-order chi connectivity index (χ0) is 48.1. The number of nitrogens with zero attached hydrogens (tertiary/aromatic N) is 2. The van der Waals surface area contributed by atoms with Crippen molar-refractivity contribution in [1.29, 1.82) is 0 Å². The molecule has 3 nitrogen and oxygen atoms in total. The van der Waals surface area contributed by atoms with Crippen molar-refractivity contribution < 1.29 is 18.1 Å². The highest BCUT2D eigenvalue weighted by Gasteiger charge is 2.60. The molecule has 2 aliphatic heterocycles. The van der Waals surface area contributed by atoms with Crippen LogP contribution in [0.2, 0.25) is 0 Å². The zero-order valence-electron chi connectivity index (χ0n) is 42.2. The van der Waals surface area contributed by atoms with E-state index in [2.05, 4.69) is 195 Å². The Morgan fingerprint density at radius 2 is 0.848 bits per heavy atom. The van der Waals surface area contributed by atoms with Crippen molar-refractivity contribution in [3.05, 3.63) is 183 Å². The molecule has 5 aromatic carbocycles. The van der Waals surface area contributed by atoms with Crippen LogP contribution in [0.25, 0.3) is 33.5 Å². The van der Waals surface area contributed by atoms with Gasteiger partial charge in [0.05, 0.1) is 29.6 Å². The van der Waals surface area contributed by atoms with Crippen LogP contribution in [0, 0.1) is 0 Å². The average molecular weight is 884 g/mol. The summed E-state index contributed by atoms with van der Waals surface area (Å²) < 4.78 is 47.2. The molecule has 0 fully saturated rings. The summed E-state index contributed by atoms with van der Waals surface area (Å²) in [7, 11) is 1.68.